The van der Waals surface area contributed by atoms with Crippen LogP contribution in [0.1, 0.15) is 38.3 Å². The average Bonchev–Trinajstić information content (AvgIpc) is 2.57. The fraction of sp³-hybridized carbons (Fsp3) is 0.300. The predicted molar refractivity (Wildman–Crippen MR) is 96.3 cm³/mol. The van der Waals surface area contributed by atoms with Gasteiger partial charge in [0.2, 0.25) is 0 Å². The minimum atomic E-state index is -0.0774. The van der Waals surface area contributed by atoms with E-state index in [2.05, 4.69) is 5.32 Å². The lowest BCUT2D eigenvalue weighted by molar-refractivity contribution is 0.0793. The van der Waals surface area contributed by atoms with Crippen molar-refractivity contribution < 1.29 is 9.59 Å². The van der Waals surface area contributed by atoms with Crippen molar-refractivity contribution in [3.8, 4) is 0 Å². The van der Waals surface area contributed by atoms with Gasteiger partial charge in [0.25, 0.3) is 11.8 Å². The van der Waals surface area contributed by atoms with E-state index in [-0.39, 0.29) is 11.8 Å². The van der Waals surface area contributed by atoms with Crippen molar-refractivity contribution in [2.75, 3.05) is 20.1 Å². The monoisotopic (exact) mass is 324 g/mol. The molecule has 4 heteroatoms. The lowest BCUT2D eigenvalue weighted by atomic mass is 10.1. The lowest BCUT2D eigenvalue weighted by Gasteiger charge is -2.17. The van der Waals surface area contributed by atoms with E-state index >= 15 is 0 Å². The van der Waals surface area contributed by atoms with Gasteiger partial charge in [-0.1, -0.05) is 35.4 Å². The van der Waals surface area contributed by atoms with Crippen molar-refractivity contribution in [3.05, 3.63) is 70.8 Å². The molecule has 4 nitrogen and oxygen atoms in total. The highest BCUT2D eigenvalue weighted by atomic mass is 16.2. The van der Waals surface area contributed by atoms with Gasteiger partial charge in [0.15, 0.2) is 0 Å². The number of hydrogen-bond acceptors (Lipinski definition) is 2. The van der Waals surface area contributed by atoms with Crippen LogP contribution in [0.25, 0.3) is 0 Å². The quantitative estimate of drug-likeness (QED) is 0.830. The number of carbonyl (C=O) groups is 2. The van der Waals surface area contributed by atoms with Crippen molar-refractivity contribution in [1.29, 1.82) is 0 Å². The summed E-state index contributed by atoms with van der Waals surface area (Å²) >= 11 is 0. The van der Waals surface area contributed by atoms with Crippen LogP contribution in [0.4, 0.5) is 0 Å². The van der Waals surface area contributed by atoms with Crippen LogP contribution in [0.15, 0.2) is 48.5 Å². The molecule has 2 aromatic carbocycles. The SMILES string of the molecule is Cc1cccc(C(=O)NCCCN(C)C(=O)c2cccc(C)c2)c1. The average molecular weight is 324 g/mol. The maximum atomic E-state index is 12.3. The molecule has 0 saturated heterocycles. The smallest absolute Gasteiger partial charge is 0.253 e. The summed E-state index contributed by atoms with van der Waals surface area (Å²) in [4.78, 5) is 26.1. The second-order valence-electron chi connectivity index (χ2n) is 6.08. The Morgan fingerprint density at radius 1 is 0.958 bits per heavy atom. The molecule has 2 aromatic rings. The van der Waals surface area contributed by atoms with E-state index in [9.17, 15) is 9.59 Å². The van der Waals surface area contributed by atoms with Crippen LogP contribution in [-0.4, -0.2) is 36.9 Å². The maximum absolute atomic E-state index is 12.3. The fourth-order valence-electron chi connectivity index (χ4n) is 2.51. The van der Waals surface area contributed by atoms with Gasteiger partial charge in [-0.05, 0) is 44.5 Å². The topological polar surface area (TPSA) is 49.4 Å². The summed E-state index contributed by atoms with van der Waals surface area (Å²) < 4.78 is 0. The van der Waals surface area contributed by atoms with Crippen molar-refractivity contribution in [3.63, 3.8) is 0 Å². The van der Waals surface area contributed by atoms with Gasteiger partial charge in [-0.15, -0.1) is 0 Å². The molecule has 0 aliphatic carbocycles. The van der Waals surface area contributed by atoms with Gasteiger partial charge >= 0.3 is 0 Å². The first-order valence-electron chi connectivity index (χ1n) is 8.14. The van der Waals surface area contributed by atoms with E-state index in [0.29, 0.717) is 30.6 Å². The zero-order chi connectivity index (χ0) is 17.5. The van der Waals surface area contributed by atoms with E-state index < -0.39 is 0 Å². The van der Waals surface area contributed by atoms with E-state index in [1.807, 2.05) is 56.3 Å². The number of carbonyl (C=O) groups excluding carboxylic acids is 2. The molecule has 0 aromatic heterocycles. The van der Waals surface area contributed by atoms with Crippen LogP contribution >= 0.6 is 0 Å². The lowest BCUT2D eigenvalue weighted by Crippen LogP contribution is -2.31. The summed E-state index contributed by atoms with van der Waals surface area (Å²) in [6.07, 6.45) is 0.714. The highest BCUT2D eigenvalue weighted by molar-refractivity contribution is 5.94. The molecule has 2 amide bonds. The third-order valence-corrected chi connectivity index (χ3v) is 3.85. The van der Waals surface area contributed by atoms with Gasteiger partial charge in [0, 0.05) is 31.3 Å². The highest BCUT2D eigenvalue weighted by Gasteiger charge is 2.11. The Morgan fingerprint density at radius 3 is 2.17 bits per heavy atom. The van der Waals surface area contributed by atoms with Crippen LogP contribution < -0.4 is 5.32 Å². The molecule has 126 valence electrons. The number of rotatable bonds is 6. The Kier molecular flexibility index (Phi) is 6.13. The highest BCUT2D eigenvalue weighted by Crippen LogP contribution is 2.07. The molecule has 1 N–H and O–H groups in total. The summed E-state index contributed by atoms with van der Waals surface area (Å²) in [6.45, 7) is 5.07. The van der Waals surface area contributed by atoms with E-state index in [1.54, 1.807) is 18.0 Å². The Hall–Kier alpha value is -2.62. The Labute approximate surface area is 143 Å². The standard InChI is InChI=1S/C20H24N2O2/c1-15-7-4-9-17(13-15)19(23)21-11-6-12-22(3)20(24)18-10-5-8-16(2)14-18/h4-5,7-10,13-14H,6,11-12H2,1-3H3,(H,21,23). The van der Waals surface area contributed by atoms with Gasteiger partial charge in [-0.25, -0.2) is 0 Å². The summed E-state index contributed by atoms with van der Waals surface area (Å²) in [6, 6.07) is 15.1. The summed E-state index contributed by atoms with van der Waals surface area (Å²) in [5.74, 6) is -0.0740. The van der Waals surface area contributed by atoms with Crippen molar-refractivity contribution in [2.24, 2.45) is 0 Å². The van der Waals surface area contributed by atoms with E-state index in [4.69, 9.17) is 0 Å². The van der Waals surface area contributed by atoms with Crippen LogP contribution in [0.3, 0.4) is 0 Å². The number of hydrogen-bond donors (Lipinski definition) is 1. The van der Waals surface area contributed by atoms with Crippen LogP contribution in [0, 0.1) is 13.8 Å². The zero-order valence-electron chi connectivity index (χ0n) is 14.5. The van der Waals surface area contributed by atoms with E-state index in [1.165, 1.54) is 0 Å². The first-order valence-corrected chi connectivity index (χ1v) is 8.14. The minimum Gasteiger partial charge on any atom is -0.352 e. The molecule has 0 heterocycles. The molecule has 2 rings (SSSR count). The second kappa shape index (κ2) is 8.29. The normalized spacial score (nSPS) is 10.3. The van der Waals surface area contributed by atoms with Gasteiger partial charge in [-0.2, -0.15) is 0 Å². The van der Waals surface area contributed by atoms with E-state index in [0.717, 1.165) is 11.1 Å². The molecule has 24 heavy (non-hydrogen) atoms. The van der Waals surface area contributed by atoms with Gasteiger partial charge in [0.1, 0.15) is 0 Å². The number of nitrogens with zero attached hydrogens (tertiary/aromatic N) is 1. The predicted octanol–water partition coefficient (Wildman–Crippen LogP) is 3.20. The molecule has 0 fully saturated rings. The second-order valence-corrected chi connectivity index (χ2v) is 6.08. The summed E-state index contributed by atoms with van der Waals surface area (Å²) in [5, 5.41) is 2.89. The van der Waals surface area contributed by atoms with Crippen LogP contribution in [0.5, 0.6) is 0 Å². The molecule has 0 spiro atoms. The first-order chi connectivity index (χ1) is 11.5. The largest absolute Gasteiger partial charge is 0.352 e. The van der Waals surface area contributed by atoms with Gasteiger partial charge in [0.05, 0.1) is 0 Å². The molecule has 0 unspecified atom stereocenters. The fourth-order valence-corrected chi connectivity index (χ4v) is 2.51. The third kappa shape index (κ3) is 4.95. The molecule has 0 atom stereocenters. The van der Waals surface area contributed by atoms with Crippen molar-refractivity contribution >= 4 is 11.8 Å². The molecule has 0 aliphatic rings. The van der Waals surface area contributed by atoms with Crippen LogP contribution in [0.2, 0.25) is 0 Å². The number of benzene rings is 2. The Morgan fingerprint density at radius 2 is 1.54 bits per heavy atom. The molecule has 0 saturated carbocycles. The molecule has 0 bridgehead atoms. The summed E-state index contributed by atoms with van der Waals surface area (Å²) in [7, 11) is 1.78. The zero-order valence-corrected chi connectivity index (χ0v) is 14.5. The number of aryl methyl sites for hydroxylation is 2. The molecular weight excluding hydrogens is 300 g/mol. The third-order valence-electron chi connectivity index (χ3n) is 3.85. The summed E-state index contributed by atoms with van der Waals surface area (Å²) in [5.41, 5.74) is 3.49. The minimum absolute atomic E-state index is 0.00344. The molecule has 0 radical (unpaired) electrons. The Bertz CT molecular complexity index is 725. The van der Waals surface area contributed by atoms with Crippen molar-refractivity contribution in [1.82, 2.24) is 10.2 Å². The van der Waals surface area contributed by atoms with Gasteiger partial charge < -0.3 is 10.2 Å². The van der Waals surface area contributed by atoms with Crippen LogP contribution in [-0.2, 0) is 0 Å². The number of amides is 2. The first kappa shape index (κ1) is 17.7. The maximum Gasteiger partial charge on any atom is 0.253 e. The van der Waals surface area contributed by atoms with Crippen molar-refractivity contribution in [2.45, 2.75) is 20.3 Å². The molecule has 0 aliphatic heterocycles. The number of nitrogens with one attached hydrogen (secondary N) is 1. The molecular formula is C20H24N2O2. The Balaban J connectivity index is 1.77. The van der Waals surface area contributed by atoms with Gasteiger partial charge in [-0.3, -0.25) is 9.59 Å².